The van der Waals surface area contributed by atoms with Gasteiger partial charge in [-0.3, -0.25) is 25.2 Å². The van der Waals surface area contributed by atoms with Crippen LogP contribution in [-0.4, -0.2) is 23.8 Å². The Morgan fingerprint density at radius 1 is 0.739 bits per heavy atom. The van der Waals surface area contributed by atoms with Crippen LogP contribution in [0.25, 0.3) is 0 Å². The standard InChI is InChI=1S/C17H17N3O3/c1-12(18-16(22)13-8-4-2-5-9-13)15(21)19-20-17(23)14-10-6-3-7-11-14/h2-12H,1H3,(H,18,22)(H,19,21)(H,20,23). The largest absolute Gasteiger partial charge is 0.340 e. The summed E-state index contributed by atoms with van der Waals surface area (Å²) < 4.78 is 0. The van der Waals surface area contributed by atoms with Gasteiger partial charge in [0.25, 0.3) is 17.7 Å². The molecule has 0 radical (unpaired) electrons. The SMILES string of the molecule is CC(NC(=O)c1ccccc1)C(=O)NNC(=O)c1ccccc1. The lowest BCUT2D eigenvalue weighted by Gasteiger charge is -2.14. The first-order chi connectivity index (χ1) is 11.1. The van der Waals surface area contributed by atoms with E-state index in [-0.39, 0.29) is 5.91 Å². The third kappa shape index (κ3) is 4.67. The van der Waals surface area contributed by atoms with Gasteiger partial charge in [0.2, 0.25) is 0 Å². The van der Waals surface area contributed by atoms with Crippen molar-refractivity contribution < 1.29 is 14.4 Å². The molecule has 3 amide bonds. The molecule has 1 atom stereocenters. The summed E-state index contributed by atoms with van der Waals surface area (Å²) in [6.45, 7) is 1.53. The Morgan fingerprint density at radius 2 is 1.22 bits per heavy atom. The molecule has 2 aromatic carbocycles. The van der Waals surface area contributed by atoms with Crippen molar-refractivity contribution in [2.45, 2.75) is 13.0 Å². The molecule has 0 aliphatic carbocycles. The zero-order valence-electron chi connectivity index (χ0n) is 12.6. The van der Waals surface area contributed by atoms with Crippen LogP contribution in [0.1, 0.15) is 27.6 Å². The molecule has 1 unspecified atom stereocenters. The van der Waals surface area contributed by atoms with E-state index in [0.29, 0.717) is 11.1 Å². The molecule has 0 aliphatic heterocycles. The second kappa shape index (κ2) is 7.74. The molecule has 0 aliphatic rings. The topological polar surface area (TPSA) is 87.3 Å². The normalized spacial score (nSPS) is 11.2. The highest BCUT2D eigenvalue weighted by Gasteiger charge is 2.17. The van der Waals surface area contributed by atoms with E-state index in [1.807, 2.05) is 0 Å². The second-order valence-electron chi connectivity index (χ2n) is 4.87. The number of carbonyl (C=O) groups excluding carboxylic acids is 3. The third-order valence-corrected chi connectivity index (χ3v) is 3.11. The van der Waals surface area contributed by atoms with E-state index < -0.39 is 17.9 Å². The van der Waals surface area contributed by atoms with Crippen molar-refractivity contribution in [2.75, 3.05) is 0 Å². The van der Waals surface area contributed by atoms with Gasteiger partial charge in [-0.05, 0) is 31.2 Å². The van der Waals surface area contributed by atoms with Gasteiger partial charge in [0.15, 0.2) is 0 Å². The molecule has 0 spiro atoms. The zero-order valence-corrected chi connectivity index (χ0v) is 12.6. The van der Waals surface area contributed by atoms with Gasteiger partial charge >= 0.3 is 0 Å². The first-order valence-electron chi connectivity index (χ1n) is 7.09. The number of nitrogens with one attached hydrogen (secondary N) is 3. The van der Waals surface area contributed by atoms with Crippen molar-refractivity contribution in [3.05, 3.63) is 71.8 Å². The van der Waals surface area contributed by atoms with Crippen LogP contribution in [0.3, 0.4) is 0 Å². The van der Waals surface area contributed by atoms with E-state index in [9.17, 15) is 14.4 Å². The molecule has 2 aromatic rings. The third-order valence-electron chi connectivity index (χ3n) is 3.11. The average Bonchev–Trinajstić information content (AvgIpc) is 2.60. The highest BCUT2D eigenvalue weighted by molar-refractivity contribution is 5.98. The van der Waals surface area contributed by atoms with Crippen molar-refractivity contribution in [3.63, 3.8) is 0 Å². The molecular weight excluding hydrogens is 294 g/mol. The Hall–Kier alpha value is -3.15. The summed E-state index contributed by atoms with van der Waals surface area (Å²) in [5.41, 5.74) is 5.47. The Morgan fingerprint density at radius 3 is 1.74 bits per heavy atom. The minimum atomic E-state index is -0.793. The van der Waals surface area contributed by atoms with Crippen LogP contribution >= 0.6 is 0 Å². The molecule has 2 rings (SSSR count). The average molecular weight is 311 g/mol. The highest BCUT2D eigenvalue weighted by Crippen LogP contribution is 1.99. The minimum absolute atomic E-state index is 0.359. The maximum atomic E-state index is 11.9. The summed E-state index contributed by atoms with van der Waals surface area (Å²) >= 11 is 0. The molecule has 0 saturated heterocycles. The zero-order chi connectivity index (χ0) is 16.7. The van der Waals surface area contributed by atoms with Gasteiger partial charge in [0.1, 0.15) is 6.04 Å². The maximum Gasteiger partial charge on any atom is 0.269 e. The number of hydrogen-bond donors (Lipinski definition) is 3. The van der Waals surface area contributed by atoms with Crippen LogP contribution in [0.15, 0.2) is 60.7 Å². The van der Waals surface area contributed by atoms with Gasteiger partial charge < -0.3 is 5.32 Å². The number of benzene rings is 2. The van der Waals surface area contributed by atoms with Gasteiger partial charge in [0, 0.05) is 11.1 Å². The predicted octanol–water partition coefficient (Wildman–Crippen LogP) is 1.27. The van der Waals surface area contributed by atoms with Crippen LogP contribution in [0.4, 0.5) is 0 Å². The summed E-state index contributed by atoms with van der Waals surface area (Å²) in [4.78, 5) is 35.6. The van der Waals surface area contributed by atoms with Crippen LogP contribution in [0.5, 0.6) is 0 Å². The molecule has 0 saturated carbocycles. The fraction of sp³-hybridized carbons (Fsp3) is 0.118. The molecule has 0 bridgehead atoms. The Labute approximate surface area is 133 Å². The number of carbonyl (C=O) groups is 3. The summed E-state index contributed by atoms with van der Waals surface area (Å²) in [6.07, 6.45) is 0. The van der Waals surface area contributed by atoms with E-state index in [1.165, 1.54) is 6.92 Å². The number of hydrogen-bond acceptors (Lipinski definition) is 3. The quantitative estimate of drug-likeness (QED) is 0.743. The van der Waals surface area contributed by atoms with E-state index in [0.717, 1.165) is 0 Å². The van der Waals surface area contributed by atoms with Gasteiger partial charge in [-0.1, -0.05) is 36.4 Å². The van der Waals surface area contributed by atoms with E-state index in [4.69, 9.17) is 0 Å². The molecule has 118 valence electrons. The molecule has 0 fully saturated rings. The van der Waals surface area contributed by atoms with Crippen molar-refractivity contribution in [1.29, 1.82) is 0 Å². The van der Waals surface area contributed by atoms with Crippen molar-refractivity contribution in [1.82, 2.24) is 16.2 Å². The molecular formula is C17H17N3O3. The summed E-state index contributed by atoms with van der Waals surface area (Å²) in [5.74, 6) is -1.30. The van der Waals surface area contributed by atoms with Gasteiger partial charge in [-0.25, -0.2) is 0 Å². The van der Waals surface area contributed by atoms with E-state index in [1.54, 1.807) is 60.7 Å². The van der Waals surface area contributed by atoms with Gasteiger partial charge in [-0.2, -0.15) is 0 Å². The molecule has 3 N–H and O–H groups in total. The smallest absolute Gasteiger partial charge is 0.269 e. The van der Waals surface area contributed by atoms with Gasteiger partial charge in [0.05, 0.1) is 0 Å². The first kappa shape index (κ1) is 16.2. The summed E-state index contributed by atoms with van der Waals surface area (Å²) in [6, 6.07) is 16.3. The second-order valence-corrected chi connectivity index (χ2v) is 4.87. The molecule has 0 aromatic heterocycles. The monoisotopic (exact) mass is 311 g/mol. The fourth-order valence-corrected chi connectivity index (χ4v) is 1.82. The lowest BCUT2D eigenvalue weighted by atomic mass is 10.2. The molecule has 23 heavy (non-hydrogen) atoms. The first-order valence-corrected chi connectivity index (χ1v) is 7.09. The number of amides is 3. The Kier molecular flexibility index (Phi) is 5.46. The van der Waals surface area contributed by atoms with Crippen molar-refractivity contribution in [2.24, 2.45) is 0 Å². The predicted molar refractivity (Wildman–Crippen MR) is 85.4 cm³/mol. The molecule has 6 nitrogen and oxygen atoms in total. The van der Waals surface area contributed by atoms with Crippen molar-refractivity contribution >= 4 is 17.7 Å². The summed E-state index contributed by atoms with van der Waals surface area (Å²) in [7, 11) is 0. The highest BCUT2D eigenvalue weighted by atomic mass is 16.2. The lowest BCUT2D eigenvalue weighted by Crippen LogP contribution is -2.51. The van der Waals surface area contributed by atoms with E-state index >= 15 is 0 Å². The van der Waals surface area contributed by atoms with Crippen LogP contribution in [-0.2, 0) is 4.79 Å². The van der Waals surface area contributed by atoms with E-state index in [2.05, 4.69) is 16.2 Å². The minimum Gasteiger partial charge on any atom is -0.340 e. The van der Waals surface area contributed by atoms with Crippen molar-refractivity contribution in [3.8, 4) is 0 Å². The van der Waals surface area contributed by atoms with Crippen LogP contribution < -0.4 is 16.2 Å². The Bertz CT molecular complexity index is 687. The Balaban J connectivity index is 1.83. The molecule has 6 heteroatoms. The lowest BCUT2D eigenvalue weighted by molar-refractivity contribution is -0.123. The fourth-order valence-electron chi connectivity index (χ4n) is 1.82. The number of rotatable bonds is 4. The van der Waals surface area contributed by atoms with Crippen LogP contribution in [0.2, 0.25) is 0 Å². The van der Waals surface area contributed by atoms with Gasteiger partial charge in [-0.15, -0.1) is 0 Å². The molecule has 0 heterocycles. The van der Waals surface area contributed by atoms with Crippen LogP contribution in [0, 0.1) is 0 Å². The maximum absolute atomic E-state index is 11.9. The summed E-state index contributed by atoms with van der Waals surface area (Å²) in [5, 5.41) is 2.56. The number of hydrazine groups is 1.